The number of piperidine rings is 1. The zero-order valence-electron chi connectivity index (χ0n) is 14.4. The summed E-state index contributed by atoms with van der Waals surface area (Å²) in [5, 5.41) is 0. The summed E-state index contributed by atoms with van der Waals surface area (Å²) in [6, 6.07) is 4.79. The molecule has 2 aliphatic heterocycles. The Hall–Kier alpha value is -1.68. The fraction of sp³-hybridized carbons (Fsp3) is 0.600. The first-order valence-corrected chi connectivity index (χ1v) is 9.48. The van der Waals surface area contributed by atoms with Gasteiger partial charge in [0.1, 0.15) is 0 Å². The second kappa shape index (κ2) is 7.06. The van der Waals surface area contributed by atoms with Crippen LogP contribution in [0.4, 0.5) is 0 Å². The molecule has 0 N–H and O–H groups in total. The van der Waals surface area contributed by atoms with E-state index in [1.165, 1.54) is 37.9 Å². The molecule has 0 aromatic carbocycles. The molecule has 4 nitrogen and oxygen atoms in total. The molecular formula is C20H27N3O. The van der Waals surface area contributed by atoms with Gasteiger partial charge in [0.05, 0.1) is 11.3 Å². The summed E-state index contributed by atoms with van der Waals surface area (Å²) >= 11 is 0. The van der Waals surface area contributed by atoms with E-state index in [9.17, 15) is 4.79 Å². The molecule has 1 aromatic heterocycles. The average Bonchev–Trinajstić information content (AvgIpc) is 3.10. The zero-order valence-corrected chi connectivity index (χ0v) is 14.4. The molecule has 3 fully saturated rings. The quantitative estimate of drug-likeness (QED) is 0.855. The Morgan fingerprint density at radius 1 is 1.04 bits per heavy atom. The van der Waals surface area contributed by atoms with E-state index in [1.54, 1.807) is 6.20 Å². The minimum Gasteiger partial charge on any atom is -0.339 e. The highest BCUT2D eigenvalue weighted by molar-refractivity contribution is 5.94. The molecule has 3 aliphatic rings. The summed E-state index contributed by atoms with van der Waals surface area (Å²) in [6.45, 7) is 4.17. The molecule has 0 radical (unpaired) electrons. The van der Waals surface area contributed by atoms with Crippen molar-refractivity contribution >= 4 is 12.0 Å². The van der Waals surface area contributed by atoms with E-state index in [1.807, 2.05) is 17.0 Å². The normalized spacial score (nSPS) is 22.5. The van der Waals surface area contributed by atoms with E-state index in [-0.39, 0.29) is 5.91 Å². The van der Waals surface area contributed by atoms with Gasteiger partial charge >= 0.3 is 0 Å². The Morgan fingerprint density at radius 3 is 2.38 bits per heavy atom. The summed E-state index contributed by atoms with van der Waals surface area (Å²) < 4.78 is 0. The number of pyridine rings is 1. The number of amides is 1. The van der Waals surface area contributed by atoms with Gasteiger partial charge in [-0.1, -0.05) is 12.0 Å². The van der Waals surface area contributed by atoms with E-state index < -0.39 is 0 Å². The average molecular weight is 325 g/mol. The SMILES string of the molecule is O=C(c1ccc(C=C2CCN(C3CCC3)CC2)nc1)N1CCCC1. The number of rotatable bonds is 3. The van der Waals surface area contributed by atoms with E-state index >= 15 is 0 Å². The van der Waals surface area contributed by atoms with Crippen LogP contribution in [0.2, 0.25) is 0 Å². The van der Waals surface area contributed by atoms with Gasteiger partial charge in [0.15, 0.2) is 0 Å². The molecule has 3 heterocycles. The van der Waals surface area contributed by atoms with Gasteiger partial charge < -0.3 is 4.90 Å². The first kappa shape index (κ1) is 15.8. The highest BCUT2D eigenvalue weighted by Gasteiger charge is 2.26. The third-order valence-corrected chi connectivity index (χ3v) is 5.81. The van der Waals surface area contributed by atoms with Gasteiger partial charge in [-0.15, -0.1) is 0 Å². The minimum atomic E-state index is 0.132. The number of carbonyl (C=O) groups excluding carboxylic acids is 1. The number of aromatic nitrogens is 1. The molecule has 128 valence electrons. The molecule has 1 amide bonds. The number of carbonyl (C=O) groups is 1. The Bertz CT molecular complexity index is 602. The summed E-state index contributed by atoms with van der Waals surface area (Å²) in [5.41, 5.74) is 3.20. The number of likely N-dealkylation sites (tertiary alicyclic amines) is 2. The number of hydrogen-bond acceptors (Lipinski definition) is 3. The Balaban J connectivity index is 1.35. The van der Waals surface area contributed by atoms with Crippen LogP contribution in [0, 0.1) is 0 Å². The summed E-state index contributed by atoms with van der Waals surface area (Å²) in [6.07, 6.45) is 12.7. The number of hydrogen-bond donors (Lipinski definition) is 0. The first-order valence-electron chi connectivity index (χ1n) is 9.48. The van der Waals surface area contributed by atoms with Gasteiger partial charge in [0.2, 0.25) is 0 Å². The lowest BCUT2D eigenvalue weighted by Crippen LogP contribution is -2.43. The fourth-order valence-electron chi connectivity index (χ4n) is 4.00. The van der Waals surface area contributed by atoms with Crippen LogP contribution in [-0.2, 0) is 0 Å². The molecule has 0 unspecified atom stereocenters. The van der Waals surface area contributed by atoms with E-state index in [0.29, 0.717) is 0 Å². The zero-order chi connectivity index (χ0) is 16.4. The van der Waals surface area contributed by atoms with Crippen LogP contribution in [0.3, 0.4) is 0 Å². The Kier molecular flexibility index (Phi) is 4.65. The third-order valence-electron chi connectivity index (χ3n) is 5.81. The van der Waals surface area contributed by atoms with Crippen LogP contribution >= 0.6 is 0 Å². The van der Waals surface area contributed by atoms with Crippen molar-refractivity contribution in [2.24, 2.45) is 0 Å². The van der Waals surface area contributed by atoms with Gasteiger partial charge in [0.25, 0.3) is 5.91 Å². The monoisotopic (exact) mass is 325 g/mol. The van der Waals surface area contributed by atoms with Crippen molar-refractivity contribution < 1.29 is 4.79 Å². The lowest BCUT2D eigenvalue weighted by molar-refractivity contribution is 0.0792. The van der Waals surface area contributed by atoms with Crippen molar-refractivity contribution in [3.63, 3.8) is 0 Å². The molecule has 1 saturated carbocycles. The standard InChI is InChI=1S/C20H27N3O/c24-20(23-10-1-2-11-23)17-6-7-18(21-15-17)14-16-8-12-22(13-9-16)19-4-3-5-19/h6-7,14-15,19H,1-5,8-13H2. The van der Waals surface area contributed by atoms with Crippen molar-refractivity contribution in [1.29, 1.82) is 0 Å². The predicted molar refractivity (Wildman–Crippen MR) is 95.8 cm³/mol. The number of nitrogens with zero attached hydrogens (tertiary/aromatic N) is 3. The molecule has 1 aromatic rings. The second-order valence-electron chi connectivity index (χ2n) is 7.39. The third kappa shape index (κ3) is 3.39. The van der Waals surface area contributed by atoms with Gasteiger partial charge in [-0.2, -0.15) is 0 Å². The van der Waals surface area contributed by atoms with Crippen LogP contribution in [0.1, 0.15) is 61.0 Å². The second-order valence-corrected chi connectivity index (χ2v) is 7.39. The van der Waals surface area contributed by atoms with Gasteiger partial charge in [-0.3, -0.25) is 14.7 Å². The first-order chi connectivity index (χ1) is 11.8. The molecule has 0 spiro atoms. The van der Waals surface area contributed by atoms with Gasteiger partial charge in [-0.25, -0.2) is 0 Å². The van der Waals surface area contributed by atoms with Crippen LogP contribution in [0.15, 0.2) is 23.9 Å². The van der Waals surface area contributed by atoms with E-state index in [4.69, 9.17) is 0 Å². The van der Waals surface area contributed by atoms with Crippen LogP contribution in [0.25, 0.3) is 6.08 Å². The lowest BCUT2D eigenvalue weighted by atomic mass is 9.89. The highest BCUT2D eigenvalue weighted by Crippen LogP contribution is 2.29. The van der Waals surface area contributed by atoms with Crippen molar-refractivity contribution in [2.75, 3.05) is 26.2 Å². The van der Waals surface area contributed by atoms with Crippen molar-refractivity contribution in [3.8, 4) is 0 Å². The molecule has 0 atom stereocenters. The fourth-order valence-corrected chi connectivity index (χ4v) is 4.00. The van der Waals surface area contributed by atoms with Crippen LogP contribution in [0.5, 0.6) is 0 Å². The van der Waals surface area contributed by atoms with Crippen molar-refractivity contribution in [3.05, 3.63) is 35.2 Å². The van der Waals surface area contributed by atoms with Gasteiger partial charge in [0, 0.05) is 38.4 Å². The highest BCUT2D eigenvalue weighted by atomic mass is 16.2. The Morgan fingerprint density at radius 2 is 1.79 bits per heavy atom. The summed E-state index contributed by atoms with van der Waals surface area (Å²) in [7, 11) is 0. The molecule has 4 rings (SSSR count). The predicted octanol–water partition coefficient (Wildman–Crippen LogP) is 3.35. The molecule has 4 heteroatoms. The molecule has 24 heavy (non-hydrogen) atoms. The largest absolute Gasteiger partial charge is 0.339 e. The maximum Gasteiger partial charge on any atom is 0.255 e. The van der Waals surface area contributed by atoms with E-state index in [0.717, 1.165) is 56.1 Å². The van der Waals surface area contributed by atoms with Crippen LogP contribution < -0.4 is 0 Å². The topological polar surface area (TPSA) is 36.4 Å². The Labute approximate surface area is 144 Å². The van der Waals surface area contributed by atoms with E-state index in [2.05, 4.69) is 16.0 Å². The van der Waals surface area contributed by atoms with Crippen molar-refractivity contribution in [1.82, 2.24) is 14.8 Å². The van der Waals surface area contributed by atoms with Gasteiger partial charge in [-0.05, 0) is 56.7 Å². The summed E-state index contributed by atoms with van der Waals surface area (Å²) in [5.74, 6) is 0.132. The molecule has 0 bridgehead atoms. The molecule has 2 saturated heterocycles. The summed E-state index contributed by atoms with van der Waals surface area (Å²) in [4.78, 5) is 21.5. The maximum absolute atomic E-state index is 12.3. The smallest absolute Gasteiger partial charge is 0.255 e. The maximum atomic E-state index is 12.3. The lowest BCUT2D eigenvalue weighted by Gasteiger charge is -2.40. The van der Waals surface area contributed by atoms with Crippen molar-refractivity contribution in [2.45, 2.75) is 51.0 Å². The van der Waals surface area contributed by atoms with Crippen LogP contribution in [-0.4, -0.2) is 52.9 Å². The molecule has 1 aliphatic carbocycles. The molecular weight excluding hydrogens is 298 g/mol. The minimum absolute atomic E-state index is 0.132.